The van der Waals surface area contributed by atoms with Crippen LogP contribution in [0.4, 0.5) is 4.79 Å². The third-order valence-corrected chi connectivity index (χ3v) is 5.45. The van der Waals surface area contributed by atoms with Crippen molar-refractivity contribution >= 4 is 17.9 Å². The SMILES string of the molecule is O=C(NC1CC2CCC(C1)S2)OCc1ccccc1. The molecule has 0 radical (unpaired) electrons. The molecule has 2 bridgehead atoms. The van der Waals surface area contributed by atoms with Crippen molar-refractivity contribution in [2.75, 3.05) is 0 Å². The molecule has 2 aliphatic rings. The van der Waals surface area contributed by atoms with Crippen molar-refractivity contribution in [2.24, 2.45) is 0 Å². The number of fused-ring (bicyclic) bond motifs is 2. The lowest BCUT2D eigenvalue weighted by molar-refractivity contribution is 0.134. The smallest absolute Gasteiger partial charge is 0.407 e. The zero-order valence-electron chi connectivity index (χ0n) is 10.9. The Morgan fingerprint density at radius 2 is 1.89 bits per heavy atom. The van der Waals surface area contributed by atoms with Gasteiger partial charge in [0.05, 0.1) is 0 Å². The topological polar surface area (TPSA) is 38.3 Å². The summed E-state index contributed by atoms with van der Waals surface area (Å²) in [6, 6.07) is 10.1. The molecule has 2 saturated heterocycles. The minimum absolute atomic E-state index is 0.278. The zero-order valence-corrected chi connectivity index (χ0v) is 11.7. The van der Waals surface area contributed by atoms with Crippen LogP contribution in [0.3, 0.4) is 0 Å². The van der Waals surface area contributed by atoms with E-state index in [1.54, 1.807) is 0 Å². The Morgan fingerprint density at radius 1 is 1.21 bits per heavy atom. The lowest BCUT2D eigenvalue weighted by atomic mass is 10.1. The fourth-order valence-corrected chi connectivity index (χ4v) is 4.68. The molecule has 4 heteroatoms. The summed E-state index contributed by atoms with van der Waals surface area (Å²) in [7, 11) is 0. The minimum Gasteiger partial charge on any atom is -0.445 e. The largest absolute Gasteiger partial charge is 0.445 e. The number of carbonyl (C=O) groups excluding carboxylic acids is 1. The number of ether oxygens (including phenoxy) is 1. The number of nitrogens with one attached hydrogen (secondary N) is 1. The van der Waals surface area contributed by atoms with Crippen molar-refractivity contribution in [1.29, 1.82) is 0 Å². The quantitative estimate of drug-likeness (QED) is 0.921. The van der Waals surface area contributed by atoms with Crippen molar-refractivity contribution in [3.63, 3.8) is 0 Å². The Morgan fingerprint density at radius 3 is 2.58 bits per heavy atom. The predicted octanol–water partition coefficient (Wildman–Crippen LogP) is 3.34. The normalized spacial score (nSPS) is 28.9. The molecule has 1 aromatic carbocycles. The van der Waals surface area contributed by atoms with Crippen LogP contribution in [0, 0.1) is 0 Å². The van der Waals surface area contributed by atoms with Gasteiger partial charge in [0.2, 0.25) is 0 Å². The average Bonchev–Trinajstić information content (AvgIpc) is 2.77. The van der Waals surface area contributed by atoms with Gasteiger partial charge in [0.25, 0.3) is 0 Å². The summed E-state index contributed by atoms with van der Waals surface area (Å²) in [6.45, 7) is 0.348. The molecule has 1 amide bonds. The van der Waals surface area contributed by atoms with E-state index in [0.717, 1.165) is 28.9 Å². The summed E-state index contributed by atoms with van der Waals surface area (Å²) in [6.07, 6.45) is 4.54. The molecule has 0 aromatic heterocycles. The molecular formula is C15H19NO2S. The van der Waals surface area contributed by atoms with Crippen LogP contribution in [0.25, 0.3) is 0 Å². The second-order valence-corrected chi connectivity index (χ2v) is 6.94. The summed E-state index contributed by atoms with van der Waals surface area (Å²) >= 11 is 2.10. The van der Waals surface area contributed by atoms with E-state index in [9.17, 15) is 4.79 Å². The van der Waals surface area contributed by atoms with E-state index in [2.05, 4.69) is 17.1 Å². The van der Waals surface area contributed by atoms with Crippen LogP contribution in [0.1, 0.15) is 31.2 Å². The van der Waals surface area contributed by atoms with Crippen molar-refractivity contribution in [2.45, 2.75) is 48.8 Å². The molecule has 2 atom stereocenters. The minimum atomic E-state index is -0.278. The molecule has 2 unspecified atom stereocenters. The highest BCUT2D eigenvalue weighted by Crippen LogP contribution is 2.43. The number of hydrogen-bond donors (Lipinski definition) is 1. The molecule has 102 valence electrons. The Balaban J connectivity index is 1.44. The van der Waals surface area contributed by atoms with Gasteiger partial charge in [0, 0.05) is 16.5 Å². The molecule has 2 fully saturated rings. The van der Waals surface area contributed by atoms with Gasteiger partial charge in [0.15, 0.2) is 0 Å². The monoisotopic (exact) mass is 277 g/mol. The summed E-state index contributed by atoms with van der Waals surface area (Å²) in [5.74, 6) is 0. The van der Waals surface area contributed by atoms with Gasteiger partial charge in [-0.3, -0.25) is 0 Å². The van der Waals surface area contributed by atoms with E-state index in [0.29, 0.717) is 12.6 Å². The van der Waals surface area contributed by atoms with Crippen molar-refractivity contribution in [3.05, 3.63) is 35.9 Å². The number of thioether (sulfide) groups is 1. The first-order valence-corrected chi connectivity index (χ1v) is 7.86. The van der Waals surface area contributed by atoms with Gasteiger partial charge < -0.3 is 10.1 Å². The maximum Gasteiger partial charge on any atom is 0.407 e. The van der Waals surface area contributed by atoms with Crippen molar-refractivity contribution < 1.29 is 9.53 Å². The van der Waals surface area contributed by atoms with Gasteiger partial charge in [-0.1, -0.05) is 30.3 Å². The summed E-state index contributed by atoms with van der Waals surface area (Å²) in [4.78, 5) is 11.8. The molecule has 3 nitrogen and oxygen atoms in total. The van der Waals surface area contributed by atoms with Gasteiger partial charge in [-0.05, 0) is 31.2 Å². The molecule has 1 N–H and O–H groups in total. The Kier molecular flexibility index (Phi) is 3.97. The highest BCUT2D eigenvalue weighted by Gasteiger charge is 2.35. The molecule has 3 rings (SSSR count). The highest BCUT2D eigenvalue weighted by molar-refractivity contribution is 8.00. The zero-order chi connectivity index (χ0) is 13.1. The van der Waals surface area contributed by atoms with Gasteiger partial charge >= 0.3 is 6.09 Å². The molecule has 2 aliphatic heterocycles. The fraction of sp³-hybridized carbons (Fsp3) is 0.533. The molecule has 1 aromatic rings. The molecule has 19 heavy (non-hydrogen) atoms. The van der Waals surface area contributed by atoms with Gasteiger partial charge in [-0.15, -0.1) is 0 Å². The second-order valence-electron chi connectivity index (χ2n) is 5.33. The second kappa shape index (κ2) is 5.87. The molecule has 0 saturated carbocycles. The van der Waals surface area contributed by atoms with Gasteiger partial charge in [-0.2, -0.15) is 11.8 Å². The van der Waals surface area contributed by atoms with E-state index >= 15 is 0 Å². The maximum absolute atomic E-state index is 11.8. The number of rotatable bonds is 3. The number of carbonyl (C=O) groups is 1. The maximum atomic E-state index is 11.8. The van der Waals surface area contributed by atoms with Crippen LogP contribution in [0.5, 0.6) is 0 Å². The van der Waals surface area contributed by atoms with Crippen LogP contribution >= 0.6 is 11.8 Å². The molecule has 0 spiro atoms. The van der Waals surface area contributed by atoms with E-state index in [-0.39, 0.29) is 6.09 Å². The number of amides is 1. The third kappa shape index (κ3) is 3.44. The van der Waals surface area contributed by atoms with Crippen LogP contribution < -0.4 is 5.32 Å². The lowest BCUT2D eigenvalue weighted by Crippen LogP contribution is -2.39. The van der Waals surface area contributed by atoms with E-state index < -0.39 is 0 Å². The standard InChI is InChI=1S/C15H19NO2S/c17-15(18-10-11-4-2-1-3-5-11)16-12-8-13-6-7-14(9-12)19-13/h1-5,12-14H,6-10H2,(H,16,17). The summed E-state index contributed by atoms with van der Waals surface area (Å²) in [5.41, 5.74) is 1.02. The third-order valence-electron chi connectivity index (χ3n) is 3.83. The summed E-state index contributed by atoms with van der Waals surface area (Å²) < 4.78 is 5.26. The van der Waals surface area contributed by atoms with E-state index in [4.69, 9.17) is 4.74 Å². The van der Waals surface area contributed by atoms with Crippen LogP contribution in [-0.2, 0) is 11.3 Å². The first-order valence-electron chi connectivity index (χ1n) is 6.92. The molecule has 2 heterocycles. The number of alkyl carbamates (subject to hydrolysis) is 1. The lowest BCUT2D eigenvalue weighted by Gasteiger charge is -2.27. The van der Waals surface area contributed by atoms with Crippen molar-refractivity contribution in [1.82, 2.24) is 5.32 Å². The Bertz CT molecular complexity index is 425. The van der Waals surface area contributed by atoms with E-state index in [1.807, 2.05) is 30.3 Å². The van der Waals surface area contributed by atoms with Gasteiger partial charge in [-0.25, -0.2) is 4.79 Å². The molecule has 0 aliphatic carbocycles. The van der Waals surface area contributed by atoms with Crippen LogP contribution in [0.15, 0.2) is 30.3 Å². The van der Waals surface area contributed by atoms with Gasteiger partial charge in [0.1, 0.15) is 6.61 Å². The summed E-state index contributed by atoms with van der Waals surface area (Å²) in [5, 5.41) is 4.51. The number of benzene rings is 1. The predicted molar refractivity (Wildman–Crippen MR) is 77.2 cm³/mol. The van der Waals surface area contributed by atoms with Crippen LogP contribution in [-0.4, -0.2) is 22.6 Å². The Hall–Kier alpha value is -1.16. The average molecular weight is 277 g/mol. The molecular weight excluding hydrogens is 258 g/mol. The highest BCUT2D eigenvalue weighted by atomic mass is 32.2. The van der Waals surface area contributed by atoms with Crippen molar-refractivity contribution in [3.8, 4) is 0 Å². The number of hydrogen-bond acceptors (Lipinski definition) is 3. The first kappa shape index (κ1) is 12.9. The fourth-order valence-electron chi connectivity index (χ4n) is 2.91. The Labute approximate surface area is 118 Å². The van der Waals surface area contributed by atoms with Crippen LogP contribution in [0.2, 0.25) is 0 Å². The first-order chi connectivity index (χ1) is 9.29. The van der Waals surface area contributed by atoms with E-state index in [1.165, 1.54) is 12.8 Å².